The number of esters is 1. The Morgan fingerprint density at radius 1 is 1.45 bits per heavy atom. The lowest BCUT2D eigenvalue weighted by atomic mass is 10.1. The Bertz CT molecular complexity index is 607. The van der Waals surface area contributed by atoms with Crippen LogP contribution in [0.25, 0.3) is 0 Å². The molecular formula is C14H18N4O2. The van der Waals surface area contributed by atoms with E-state index in [1.807, 2.05) is 17.8 Å². The van der Waals surface area contributed by atoms with Gasteiger partial charge in [0.05, 0.1) is 24.0 Å². The Labute approximate surface area is 117 Å². The van der Waals surface area contributed by atoms with Gasteiger partial charge in [0.1, 0.15) is 0 Å². The van der Waals surface area contributed by atoms with Crippen LogP contribution >= 0.6 is 0 Å². The van der Waals surface area contributed by atoms with Crippen LogP contribution in [0.2, 0.25) is 0 Å². The smallest absolute Gasteiger partial charge is 0.337 e. The Morgan fingerprint density at radius 3 is 2.85 bits per heavy atom. The van der Waals surface area contributed by atoms with Crippen molar-refractivity contribution in [2.75, 3.05) is 24.7 Å². The molecule has 0 spiro atoms. The fraction of sp³-hybridized carbons (Fsp3) is 0.286. The topological polar surface area (TPSA) is 82.2 Å². The minimum Gasteiger partial charge on any atom is -0.465 e. The van der Waals surface area contributed by atoms with E-state index in [2.05, 4.69) is 15.2 Å². The molecule has 6 heteroatoms. The standard InChI is InChI=1S/C14H18N4O2/c1-18-11(6-8-17-18)5-7-16-13-4-3-10(9-12(13)15)14(19)20-2/h3-4,6,8-9,16H,5,7,15H2,1-2H3. The Hall–Kier alpha value is -2.50. The summed E-state index contributed by atoms with van der Waals surface area (Å²) in [5, 5.41) is 7.36. The maximum absolute atomic E-state index is 11.4. The molecule has 0 radical (unpaired) electrons. The third kappa shape index (κ3) is 3.09. The van der Waals surface area contributed by atoms with Crippen molar-refractivity contribution in [2.45, 2.75) is 6.42 Å². The number of hydrogen-bond donors (Lipinski definition) is 2. The molecule has 2 aromatic rings. The quantitative estimate of drug-likeness (QED) is 0.637. The number of benzene rings is 1. The lowest BCUT2D eigenvalue weighted by molar-refractivity contribution is 0.0601. The number of methoxy groups -OCH3 is 1. The van der Waals surface area contributed by atoms with Gasteiger partial charge < -0.3 is 15.8 Å². The fourth-order valence-electron chi connectivity index (χ4n) is 1.94. The first kappa shape index (κ1) is 13.9. The number of aromatic nitrogens is 2. The fourth-order valence-corrected chi connectivity index (χ4v) is 1.94. The maximum Gasteiger partial charge on any atom is 0.337 e. The van der Waals surface area contributed by atoms with Crippen molar-refractivity contribution >= 4 is 17.3 Å². The normalized spacial score (nSPS) is 10.3. The summed E-state index contributed by atoms with van der Waals surface area (Å²) in [6.45, 7) is 0.737. The SMILES string of the molecule is COC(=O)c1ccc(NCCc2ccnn2C)c(N)c1. The molecule has 0 fully saturated rings. The molecular weight excluding hydrogens is 256 g/mol. The zero-order valence-corrected chi connectivity index (χ0v) is 11.6. The summed E-state index contributed by atoms with van der Waals surface area (Å²) in [7, 11) is 3.26. The monoisotopic (exact) mass is 274 g/mol. The first-order valence-corrected chi connectivity index (χ1v) is 6.30. The molecule has 0 aliphatic heterocycles. The number of nitrogens with two attached hydrogens (primary N) is 1. The molecule has 1 heterocycles. The highest BCUT2D eigenvalue weighted by Crippen LogP contribution is 2.20. The number of hydrogen-bond acceptors (Lipinski definition) is 5. The number of carbonyl (C=O) groups excluding carboxylic acids is 1. The number of anilines is 2. The lowest BCUT2D eigenvalue weighted by Gasteiger charge is -2.10. The van der Waals surface area contributed by atoms with Gasteiger partial charge in [-0.1, -0.05) is 0 Å². The van der Waals surface area contributed by atoms with Crippen molar-refractivity contribution in [3.05, 3.63) is 41.7 Å². The molecule has 20 heavy (non-hydrogen) atoms. The summed E-state index contributed by atoms with van der Waals surface area (Å²) in [6.07, 6.45) is 2.61. The van der Waals surface area contributed by atoms with Crippen LogP contribution in [0.3, 0.4) is 0 Å². The minimum atomic E-state index is -0.391. The summed E-state index contributed by atoms with van der Waals surface area (Å²) < 4.78 is 6.49. The van der Waals surface area contributed by atoms with Gasteiger partial charge in [-0.05, 0) is 24.3 Å². The first-order chi connectivity index (χ1) is 9.61. The van der Waals surface area contributed by atoms with E-state index in [1.54, 1.807) is 24.4 Å². The summed E-state index contributed by atoms with van der Waals surface area (Å²) in [5.41, 5.74) is 8.83. The summed E-state index contributed by atoms with van der Waals surface area (Å²) in [4.78, 5) is 11.4. The molecule has 0 saturated heterocycles. The predicted octanol–water partition coefficient (Wildman–Crippen LogP) is 1.44. The van der Waals surface area contributed by atoms with Crippen molar-refractivity contribution < 1.29 is 9.53 Å². The van der Waals surface area contributed by atoms with Gasteiger partial charge in [0.25, 0.3) is 0 Å². The van der Waals surface area contributed by atoms with Gasteiger partial charge in [0.2, 0.25) is 0 Å². The highest BCUT2D eigenvalue weighted by Gasteiger charge is 2.08. The van der Waals surface area contributed by atoms with E-state index in [0.717, 1.165) is 24.3 Å². The Balaban J connectivity index is 1.96. The molecule has 0 bridgehead atoms. The highest BCUT2D eigenvalue weighted by molar-refractivity contribution is 5.91. The summed E-state index contributed by atoms with van der Waals surface area (Å²) >= 11 is 0. The molecule has 0 aliphatic rings. The van der Waals surface area contributed by atoms with Crippen LogP contribution in [0, 0.1) is 0 Å². The number of rotatable bonds is 5. The van der Waals surface area contributed by atoms with Crippen molar-refractivity contribution in [3.63, 3.8) is 0 Å². The number of carbonyl (C=O) groups is 1. The van der Waals surface area contributed by atoms with E-state index in [1.165, 1.54) is 7.11 Å². The second-order valence-corrected chi connectivity index (χ2v) is 4.42. The second-order valence-electron chi connectivity index (χ2n) is 4.42. The summed E-state index contributed by atoms with van der Waals surface area (Å²) in [5.74, 6) is -0.391. The average molecular weight is 274 g/mol. The van der Waals surface area contributed by atoms with Crippen molar-refractivity contribution in [3.8, 4) is 0 Å². The average Bonchev–Trinajstić information content (AvgIpc) is 2.85. The molecule has 0 aliphatic carbocycles. The molecule has 1 aromatic carbocycles. The number of nitrogens with zero attached hydrogens (tertiary/aromatic N) is 2. The van der Waals surface area contributed by atoms with E-state index in [0.29, 0.717) is 11.3 Å². The zero-order valence-electron chi connectivity index (χ0n) is 11.6. The largest absolute Gasteiger partial charge is 0.465 e. The van der Waals surface area contributed by atoms with E-state index < -0.39 is 5.97 Å². The van der Waals surface area contributed by atoms with E-state index in [4.69, 9.17) is 5.73 Å². The number of ether oxygens (including phenoxy) is 1. The van der Waals surface area contributed by atoms with Crippen molar-refractivity contribution in [2.24, 2.45) is 7.05 Å². The molecule has 3 N–H and O–H groups in total. The number of nitrogens with one attached hydrogen (secondary N) is 1. The van der Waals surface area contributed by atoms with Gasteiger partial charge in [0.15, 0.2) is 0 Å². The van der Waals surface area contributed by atoms with Gasteiger partial charge in [-0.15, -0.1) is 0 Å². The molecule has 0 amide bonds. The highest BCUT2D eigenvalue weighted by atomic mass is 16.5. The third-order valence-electron chi connectivity index (χ3n) is 3.09. The lowest BCUT2D eigenvalue weighted by Crippen LogP contribution is -2.10. The van der Waals surface area contributed by atoms with Crippen LogP contribution in [0.4, 0.5) is 11.4 Å². The molecule has 6 nitrogen and oxygen atoms in total. The van der Waals surface area contributed by atoms with E-state index >= 15 is 0 Å². The van der Waals surface area contributed by atoms with Gasteiger partial charge >= 0.3 is 5.97 Å². The molecule has 1 aromatic heterocycles. The van der Waals surface area contributed by atoms with Crippen molar-refractivity contribution in [1.29, 1.82) is 0 Å². The second kappa shape index (κ2) is 6.10. The minimum absolute atomic E-state index is 0.391. The van der Waals surface area contributed by atoms with Gasteiger partial charge in [-0.3, -0.25) is 4.68 Å². The number of nitrogen functional groups attached to an aromatic ring is 1. The molecule has 0 saturated carbocycles. The first-order valence-electron chi connectivity index (χ1n) is 6.30. The van der Waals surface area contributed by atoms with E-state index in [9.17, 15) is 4.79 Å². The predicted molar refractivity (Wildman–Crippen MR) is 77.6 cm³/mol. The van der Waals surface area contributed by atoms with E-state index in [-0.39, 0.29) is 0 Å². The third-order valence-corrected chi connectivity index (χ3v) is 3.09. The Morgan fingerprint density at radius 2 is 2.25 bits per heavy atom. The Kier molecular flexibility index (Phi) is 4.24. The van der Waals surface area contributed by atoms with Crippen LogP contribution in [0.15, 0.2) is 30.5 Å². The summed E-state index contributed by atoms with van der Waals surface area (Å²) in [6, 6.07) is 7.06. The number of aryl methyl sites for hydroxylation is 1. The van der Waals surface area contributed by atoms with Crippen LogP contribution in [0.5, 0.6) is 0 Å². The van der Waals surface area contributed by atoms with Crippen LogP contribution < -0.4 is 11.1 Å². The van der Waals surface area contributed by atoms with Gasteiger partial charge in [-0.2, -0.15) is 5.10 Å². The van der Waals surface area contributed by atoms with Crippen molar-refractivity contribution in [1.82, 2.24) is 9.78 Å². The molecule has 0 unspecified atom stereocenters. The van der Waals surface area contributed by atoms with Gasteiger partial charge in [0, 0.05) is 31.9 Å². The van der Waals surface area contributed by atoms with Gasteiger partial charge in [-0.25, -0.2) is 4.79 Å². The van der Waals surface area contributed by atoms with Crippen LogP contribution in [-0.4, -0.2) is 29.4 Å². The van der Waals surface area contributed by atoms with Crippen LogP contribution in [0.1, 0.15) is 16.1 Å². The molecule has 2 rings (SSSR count). The molecule has 0 atom stereocenters. The maximum atomic E-state index is 11.4. The van der Waals surface area contributed by atoms with Crippen LogP contribution in [-0.2, 0) is 18.2 Å². The molecule has 106 valence electrons. The zero-order chi connectivity index (χ0) is 14.5.